The molecule has 5 nitrogen and oxygen atoms in total. The second-order valence-corrected chi connectivity index (χ2v) is 6.34. The average Bonchev–Trinajstić information content (AvgIpc) is 3.02. The van der Waals surface area contributed by atoms with E-state index < -0.39 is 0 Å². The smallest absolute Gasteiger partial charge is 0.220 e. The van der Waals surface area contributed by atoms with Gasteiger partial charge in [-0.25, -0.2) is 4.98 Å². The highest BCUT2D eigenvalue weighted by atomic mass is 16.1. The number of carbonyl (C=O) groups excluding carboxylic acids is 1. The number of benzene rings is 2. The van der Waals surface area contributed by atoms with E-state index in [2.05, 4.69) is 33.2 Å². The van der Waals surface area contributed by atoms with Crippen molar-refractivity contribution in [2.75, 3.05) is 18.4 Å². The SMILES string of the molecule is CCCn1c(NCCNC(=O)CCc2ccccc2)nc2ccccc21. The summed E-state index contributed by atoms with van der Waals surface area (Å²) in [5, 5.41) is 6.32. The number of amides is 1. The van der Waals surface area contributed by atoms with Crippen molar-refractivity contribution in [3.8, 4) is 0 Å². The summed E-state index contributed by atoms with van der Waals surface area (Å²) in [6.07, 6.45) is 2.33. The summed E-state index contributed by atoms with van der Waals surface area (Å²) in [7, 11) is 0. The number of imidazole rings is 1. The number of aromatic nitrogens is 2. The topological polar surface area (TPSA) is 59.0 Å². The van der Waals surface area contributed by atoms with E-state index in [-0.39, 0.29) is 5.91 Å². The fourth-order valence-electron chi connectivity index (χ4n) is 3.03. The second kappa shape index (κ2) is 9.04. The maximum Gasteiger partial charge on any atom is 0.220 e. The van der Waals surface area contributed by atoms with Gasteiger partial charge in [0.15, 0.2) is 0 Å². The first-order chi connectivity index (χ1) is 12.8. The van der Waals surface area contributed by atoms with Crippen LogP contribution in [0, 0.1) is 0 Å². The molecule has 0 aliphatic carbocycles. The van der Waals surface area contributed by atoms with Crippen molar-refractivity contribution >= 4 is 22.9 Å². The van der Waals surface area contributed by atoms with Crippen molar-refractivity contribution in [3.05, 3.63) is 60.2 Å². The third-order valence-corrected chi connectivity index (χ3v) is 4.32. The average molecular weight is 350 g/mol. The molecule has 5 heteroatoms. The van der Waals surface area contributed by atoms with Gasteiger partial charge in [0, 0.05) is 26.1 Å². The molecule has 0 atom stereocenters. The quantitative estimate of drug-likeness (QED) is 0.580. The van der Waals surface area contributed by atoms with Gasteiger partial charge in [-0.3, -0.25) is 4.79 Å². The van der Waals surface area contributed by atoms with Crippen molar-refractivity contribution in [3.63, 3.8) is 0 Å². The highest BCUT2D eigenvalue weighted by Crippen LogP contribution is 2.19. The van der Waals surface area contributed by atoms with Gasteiger partial charge in [0.25, 0.3) is 0 Å². The normalized spacial score (nSPS) is 10.8. The first kappa shape index (κ1) is 18.0. The summed E-state index contributed by atoms with van der Waals surface area (Å²) in [4.78, 5) is 16.6. The Morgan fingerprint density at radius 3 is 2.62 bits per heavy atom. The molecule has 0 spiro atoms. The molecule has 2 aromatic carbocycles. The van der Waals surface area contributed by atoms with Crippen molar-refractivity contribution in [1.82, 2.24) is 14.9 Å². The van der Waals surface area contributed by atoms with Gasteiger partial charge in [0.2, 0.25) is 11.9 Å². The monoisotopic (exact) mass is 350 g/mol. The Morgan fingerprint density at radius 1 is 1.04 bits per heavy atom. The lowest BCUT2D eigenvalue weighted by Gasteiger charge is -2.10. The Bertz CT molecular complexity index is 842. The van der Waals surface area contributed by atoms with E-state index >= 15 is 0 Å². The number of nitrogens with one attached hydrogen (secondary N) is 2. The number of hydrogen-bond donors (Lipinski definition) is 2. The molecule has 0 bridgehead atoms. The van der Waals surface area contributed by atoms with Gasteiger partial charge in [-0.05, 0) is 30.5 Å². The minimum Gasteiger partial charge on any atom is -0.354 e. The van der Waals surface area contributed by atoms with E-state index in [9.17, 15) is 4.79 Å². The van der Waals surface area contributed by atoms with Gasteiger partial charge in [-0.2, -0.15) is 0 Å². The number of anilines is 1. The second-order valence-electron chi connectivity index (χ2n) is 6.34. The maximum atomic E-state index is 12.0. The minimum absolute atomic E-state index is 0.0812. The molecule has 1 aromatic heterocycles. The summed E-state index contributed by atoms with van der Waals surface area (Å²) in [5.41, 5.74) is 3.33. The Kier molecular flexibility index (Phi) is 6.25. The molecular formula is C21H26N4O. The zero-order chi connectivity index (χ0) is 18.2. The van der Waals surface area contributed by atoms with Crippen LogP contribution in [0.3, 0.4) is 0 Å². The summed E-state index contributed by atoms with van der Waals surface area (Å²) >= 11 is 0. The van der Waals surface area contributed by atoms with Crippen LogP contribution in [-0.2, 0) is 17.8 Å². The van der Waals surface area contributed by atoms with Crippen LogP contribution in [-0.4, -0.2) is 28.5 Å². The predicted molar refractivity (Wildman–Crippen MR) is 106 cm³/mol. The van der Waals surface area contributed by atoms with Crippen LogP contribution in [0.25, 0.3) is 11.0 Å². The van der Waals surface area contributed by atoms with Crippen LogP contribution >= 0.6 is 0 Å². The number of nitrogens with zero attached hydrogens (tertiary/aromatic N) is 2. The first-order valence-electron chi connectivity index (χ1n) is 9.27. The number of hydrogen-bond acceptors (Lipinski definition) is 3. The van der Waals surface area contributed by atoms with Crippen molar-refractivity contribution in [2.45, 2.75) is 32.7 Å². The third kappa shape index (κ3) is 4.63. The summed E-state index contributed by atoms with van der Waals surface area (Å²) in [6, 6.07) is 18.2. The molecule has 26 heavy (non-hydrogen) atoms. The molecule has 3 rings (SSSR count). The van der Waals surface area contributed by atoms with E-state index in [0.29, 0.717) is 19.5 Å². The Labute approximate surface area is 154 Å². The van der Waals surface area contributed by atoms with Crippen LogP contribution in [0.1, 0.15) is 25.3 Å². The van der Waals surface area contributed by atoms with Gasteiger partial charge in [-0.1, -0.05) is 49.4 Å². The van der Waals surface area contributed by atoms with Crippen molar-refractivity contribution in [1.29, 1.82) is 0 Å². The van der Waals surface area contributed by atoms with Gasteiger partial charge >= 0.3 is 0 Å². The zero-order valence-corrected chi connectivity index (χ0v) is 15.2. The lowest BCUT2D eigenvalue weighted by Crippen LogP contribution is -2.29. The van der Waals surface area contributed by atoms with Crippen LogP contribution < -0.4 is 10.6 Å². The Balaban J connectivity index is 1.47. The van der Waals surface area contributed by atoms with E-state index in [4.69, 9.17) is 0 Å². The largest absolute Gasteiger partial charge is 0.354 e. The summed E-state index contributed by atoms with van der Waals surface area (Å²) < 4.78 is 2.20. The molecule has 0 saturated heterocycles. The van der Waals surface area contributed by atoms with Crippen LogP contribution in [0.5, 0.6) is 0 Å². The van der Waals surface area contributed by atoms with Gasteiger partial charge in [-0.15, -0.1) is 0 Å². The van der Waals surface area contributed by atoms with E-state index in [1.165, 1.54) is 5.56 Å². The maximum absolute atomic E-state index is 12.0. The molecule has 1 heterocycles. The molecule has 136 valence electrons. The molecule has 2 N–H and O–H groups in total. The van der Waals surface area contributed by atoms with Gasteiger partial charge in [0.05, 0.1) is 11.0 Å². The molecule has 0 aliphatic rings. The number of rotatable bonds is 9. The highest BCUT2D eigenvalue weighted by molar-refractivity contribution is 5.78. The van der Waals surface area contributed by atoms with Crippen molar-refractivity contribution in [2.24, 2.45) is 0 Å². The number of fused-ring (bicyclic) bond motifs is 1. The van der Waals surface area contributed by atoms with Crippen LogP contribution in [0.15, 0.2) is 54.6 Å². The number of aryl methyl sites for hydroxylation is 2. The highest BCUT2D eigenvalue weighted by Gasteiger charge is 2.09. The fourth-order valence-corrected chi connectivity index (χ4v) is 3.03. The minimum atomic E-state index is 0.0812. The molecule has 1 amide bonds. The molecular weight excluding hydrogens is 324 g/mol. The van der Waals surface area contributed by atoms with E-state index in [0.717, 1.165) is 36.4 Å². The summed E-state index contributed by atoms with van der Waals surface area (Å²) in [6.45, 7) is 4.32. The third-order valence-electron chi connectivity index (χ3n) is 4.32. The lowest BCUT2D eigenvalue weighted by molar-refractivity contribution is -0.120. The zero-order valence-electron chi connectivity index (χ0n) is 15.2. The molecule has 0 fully saturated rings. The Hall–Kier alpha value is -2.82. The molecule has 0 radical (unpaired) electrons. The van der Waals surface area contributed by atoms with Gasteiger partial charge in [0.1, 0.15) is 0 Å². The molecule has 0 aliphatic heterocycles. The van der Waals surface area contributed by atoms with Crippen molar-refractivity contribution < 1.29 is 4.79 Å². The molecule has 0 saturated carbocycles. The lowest BCUT2D eigenvalue weighted by atomic mass is 10.1. The summed E-state index contributed by atoms with van der Waals surface area (Å²) in [5.74, 6) is 0.948. The number of carbonyl (C=O) groups is 1. The fraction of sp³-hybridized carbons (Fsp3) is 0.333. The first-order valence-corrected chi connectivity index (χ1v) is 9.27. The van der Waals surface area contributed by atoms with Gasteiger partial charge < -0.3 is 15.2 Å². The molecule has 0 unspecified atom stereocenters. The van der Waals surface area contributed by atoms with Crippen LogP contribution in [0.2, 0.25) is 0 Å². The predicted octanol–water partition coefficient (Wildman–Crippen LogP) is 3.61. The Morgan fingerprint density at radius 2 is 1.81 bits per heavy atom. The van der Waals surface area contributed by atoms with Crippen LogP contribution in [0.4, 0.5) is 5.95 Å². The number of para-hydroxylation sites is 2. The standard InChI is InChI=1S/C21H26N4O/c1-2-16-25-19-11-7-6-10-18(19)24-21(25)23-15-14-22-20(26)13-12-17-8-4-3-5-9-17/h3-11H,2,12-16H2,1H3,(H,22,26)(H,23,24). The van der Waals surface area contributed by atoms with E-state index in [1.807, 2.05) is 48.5 Å². The molecule has 3 aromatic rings. The van der Waals surface area contributed by atoms with E-state index in [1.54, 1.807) is 0 Å².